The van der Waals surface area contributed by atoms with Gasteiger partial charge >= 0.3 is 0 Å². The first-order valence-corrected chi connectivity index (χ1v) is 6.48. The summed E-state index contributed by atoms with van der Waals surface area (Å²) in [5, 5.41) is 41.0. The molecule has 0 radical (unpaired) electrons. The third-order valence-electron chi connectivity index (χ3n) is 3.30. The zero-order chi connectivity index (χ0) is 14.7. The average Bonchev–Trinajstić information content (AvgIpc) is 2.47. The SMILES string of the molecule is OC[C@H]1O[C@@H](c2ccccc2N=C=S)[C@H](O)[C@@H](O)[C@@H]1O. The number of isothiocyanates is 1. The standard InChI is InChI=1S/C13H15NO5S/c15-5-9-10(16)11(17)12(18)13(19-9)7-3-1-2-4-8(7)14-6-20/h1-4,9-13,15-18H,5H2/t9-,10-,11+,12-,13+/m1/s1. The lowest BCUT2D eigenvalue weighted by atomic mass is 9.90. The summed E-state index contributed by atoms with van der Waals surface area (Å²) in [5.74, 6) is 0. The van der Waals surface area contributed by atoms with E-state index in [9.17, 15) is 20.4 Å². The number of thiocarbonyl (C=S) groups is 1. The van der Waals surface area contributed by atoms with Crippen LogP contribution in [0.4, 0.5) is 5.69 Å². The number of ether oxygens (including phenoxy) is 1. The molecule has 2 rings (SSSR count). The molecule has 4 N–H and O–H groups in total. The van der Waals surface area contributed by atoms with Crippen molar-refractivity contribution < 1.29 is 25.2 Å². The van der Waals surface area contributed by atoms with Crippen molar-refractivity contribution in [2.24, 2.45) is 4.99 Å². The number of aliphatic hydroxyl groups is 4. The monoisotopic (exact) mass is 297 g/mol. The van der Waals surface area contributed by atoms with E-state index in [1.165, 1.54) is 0 Å². The maximum absolute atomic E-state index is 10.1. The molecule has 1 fully saturated rings. The van der Waals surface area contributed by atoms with Gasteiger partial charge in [-0.1, -0.05) is 18.2 Å². The van der Waals surface area contributed by atoms with Crippen molar-refractivity contribution in [1.29, 1.82) is 0 Å². The molecule has 1 aromatic carbocycles. The summed E-state index contributed by atoms with van der Waals surface area (Å²) in [4.78, 5) is 3.88. The Morgan fingerprint density at radius 2 is 1.85 bits per heavy atom. The van der Waals surface area contributed by atoms with Crippen LogP contribution in [-0.2, 0) is 4.74 Å². The highest BCUT2D eigenvalue weighted by molar-refractivity contribution is 7.78. The summed E-state index contributed by atoms with van der Waals surface area (Å²) >= 11 is 4.56. The molecule has 6 nitrogen and oxygen atoms in total. The Kier molecular flexibility index (Phi) is 4.95. The quantitative estimate of drug-likeness (QED) is 0.460. The first kappa shape index (κ1) is 15.2. The van der Waals surface area contributed by atoms with Crippen molar-refractivity contribution in [2.75, 3.05) is 6.61 Å². The van der Waals surface area contributed by atoms with Gasteiger partial charge in [0.2, 0.25) is 0 Å². The van der Waals surface area contributed by atoms with Crippen LogP contribution >= 0.6 is 12.2 Å². The number of hydrogen-bond acceptors (Lipinski definition) is 7. The third-order valence-corrected chi connectivity index (χ3v) is 3.39. The molecule has 0 amide bonds. The van der Waals surface area contributed by atoms with Crippen molar-refractivity contribution in [3.63, 3.8) is 0 Å². The highest BCUT2D eigenvalue weighted by Gasteiger charge is 2.44. The molecule has 1 aliphatic heterocycles. The van der Waals surface area contributed by atoms with E-state index in [1.807, 2.05) is 0 Å². The maximum Gasteiger partial charge on any atom is 0.114 e. The van der Waals surface area contributed by atoms with Gasteiger partial charge in [0.1, 0.15) is 30.5 Å². The van der Waals surface area contributed by atoms with E-state index >= 15 is 0 Å². The van der Waals surface area contributed by atoms with Crippen molar-refractivity contribution in [3.8, 4) is 0 Å². The lowest BCUT2D eigenvalue weighted by Crippen LogP contribution is -2.55. The minimum atomic E-state index is -1.42. The zero-order valence-corrected chi connectivity index (χ0v) is 11.3. The maximum atomic E-state index is 10.1. The Morgan fingerprint density at radius 3 is 2.50 bits per heavy atom. The van der Waals surface area contributed by atoms with Gasteiger partial charge in [0.15, 0.2) is 0 Å². The largest absolute Gasteiger partial charge is 0.394 e. The lowest BCUT2D eigenvalue weighted by molar-refractivity contribution is -0.231. The molecular formula is C13H15NO5S. The number of aliphatic hydroxyl groups excluding tert-OH is 4. The van der Waals surface area contributed by atoms with Gasteiger partial charge in [0, 0.05) is 5.56 Å². The lowest BCUT2D eigenvalue weighted by Gasteiger charge is -2.40. The van der Waals surface area contributed by atoms with E-state index in [4.69, 9.17) is 4.74 Å². The van der Waals surface area contributed by atoms with E-state index in [0.717, 1.165) is 0 Å². The van der Waals surface area contributed by atoms with Gasteiger partial charge in [-0.05, 0) is 18.3 Å². The molecular weight excluding hydrogens is 282 g/mol. The van der Waals surface area contributed by atoms with Crippen LogP contribution in [0.25, 0.3) is 0 Å². The van der Waals surface area contributed by atoms with Crippen molar-refractivity contribution >= 4 is 23.1 Å². The van der Waals surface area contributed by atoms with Crippen LogP contribution in [0.5, 0.6) is 0 Å². The summed E-state index contributed by atoms with van der Waals surface area (Å²) in [6.07, 6.45) is -6.02. The molecule has 7 heteroatoms. The number of aliphatic imine (C=N–C) groups is 1. The summed E-state index contributed by atoms with van der Waals surface area (Å²) < 4.78 is 5.47. The van der Waals surface area contributed by atoms with Crippen LogP contribution in [0, 0.1) is 0 Å². The van der Waals surface area contributed by atoms with Crippen molar-refractivity contribution in [2.45, 2.75) is 30.5 Å². The van der Waals surface area contributed by atoms with Gasteiger partial charge in [-0.2, -0.15) is 4.99 Å². The predicted molar refractivity (Wildman–Crippen MR) is 73.8 cm³/mol. The first-order chi connectivity index (χ1) is 9.60. The molecule has 1 saturated heterocycles. The molecule has 1 heterocycles. The van der Waals surface area contributed by atoms with Gasteiger partial charge in [0.25, 0.3) is 0 Å². The number of benzene rings is 1. The number of nitrogens with zero attached hydrogens (tertiary/aromatic N) is 1. The Bertz CT molecular complexity index is 517. The van der Waals surface area contributed by atoms with Gasteiger partial charge in [-0.25, -0.2) is 0 Å². The summed E-state index contributed by atoms with van der Waals surface area (Å²) in [6.45, 7) is -0.472. The fraction of sp³-hybridized carbons (Fsp3) is 0.462. The highest BCUT2D eigenvalue weighted by Crippen LogP contribution is 2.36. The Labute approximate surface area is 121 Å². The number of rotatable bonds is 3. The molecule has 1 aromatic rings. The second-order valence-electron chi connectivity index (χ2n) is 4.51. The minimum Gasteiger partial charge on any atom is -0.394 e. The van der Waals surface area contributed by atoms with Crippen molar-refractivity contribution in [3.05, 3.63) is 29.8 Å². The first-order valence-electron chi connectivity index (χ1n) is 6.07. The molecule has 0 saturated carbocycles. The van der Waals surface area contributed by atoms with E-state index in [1.54, 1.807) is 24.3 Å². The number of para-hydroxylation sites is 1. The molecule has 0 aromatic heterocycles. The van der Waals surface area contributed by atoms with Crippen LogP contribution in [0.2, 0.25) is 0 Å². The van der Waals surface area contributed by atoms with E-state index in [0.29, 0.717) is 11.3 Å². The fourth-order valence-corrected chi connectivity index (χ4v) is 2.34. The highest BCUT2D eigenvalue weighted by atomic mass is 32.1. The number of hydrogen-bond donors (Lipinski definition) is 4. The Morgan fingerprint density at radius 1 is 1.15 bits per heavy atom. The molecule has 1 aliphatic rings. The summed E-state index contributed by atoms with van der Waals surface area (Å²) in [6, 6.07) is 6.78. The molecule has 0 aliphatic carbocycles. The van der Waals surface area contributed by atoms with E-state index in [-0.39, 0.29) is 0 Å². The molecule has 108 valence electrons. The van der Waals surface area contributed by atoms with Gasteiger partial charge in [-0.3, -0.25) is 0 Å². The molecule has 0 spiro atoms. The fourth-order valence-electron chi connectivity index (χ4n) is 2.24. The molecule has 0 unspecified atom stereocenters. The Balaban J connectivity index is 2.38. The van der Waals surface area contributed by atoms with Gasteiger partial charge < -0.3 is 25.2 Å². The van der Waals surface area contributed by atoms with Crippen molar-refractivity contribution in [1.82, 2.24) is 0 Å². The van der Waals surface area contributed by atoms with Crippen LogP contribution in [-0.4, -0.2) is 56.6 Å². The van der Waals surface area contributed by atoms with E-state index in [2.05, 4.69) is 22.4 Å². The summed E-state index contributed by atoms with van der Waals surface area (Å²) in [5.41, 5.74) is 0.952. The van der Waals surface area contributed by atoms with Gasteiger partial charge in [-0.15, -0.1) is 0 Å². The second-order valence-corrected chi connectivity index (χ2v) is 4.69. The Hall–Kier alpha value is -1.18. The van der Waals surface area contributed by atoms with Crippen LogP contribution < -0.4 is 0 Å². The molecule has 5 atom stereocenters. The molecule has 20 heavy (non-hydrogen) atoms. The van der Waals surface area contributed by atoms with Crippen LogP contribution in [0.1, 0.15) is 11.7 Å². The van der Waals surface area contributed by atoms with Crippen LogP contribution in [0.3, 0.4) is 0 Å². The average molecular weight is 297 g/mol. The summed E-state index contributed by atoms with van der Waals surface area (Å²) in [7, 11) is 0. The topological polar surface area (TPSA) is 103 Å². The minimum absolute atomic E-state index is 0.451. The normalized spacial score (nSPS) is 33.5. The third kappa shape index (κ3) is 2.79. The zero-order valence-electron chi connectivity index (χ0n) is 10.5. The second kappa shape index (κ2) is 6.51. The van der Waals surface area contributed by atoms with Crippen LogP contribution in [0.15, 0.2) is 29.3 Å². The van der Waals surface area contributed by atoms with E-state index < -0.39 is 37.1 Å². The molecule has 0 bridgehead atoms. The van der Waals surface area contributed by atoms with Gasteiger partial charge in [0.05, 0.1) is 17.5 Å². The smallest absolute Gasteiger partial charge is 0.114 e. The predicted octanol–water partition coefficient (Wildman–Crippen LogP) is -0.0642.